The normalized spacial score (nSPS) is 24.3. The average molecular weight is 438 g/mol. The summed E-state index contributed by atoms with van der Waals surface area (Å²) in [6.45, 7) is 0.748. The zero-order chi connectivity index (χ0) is 22.5. The van der Waals surface area contributed by atoms with Crippen LogP contribution >= 0.6 is 0 Å². The lowest BCUT2D eigenvalue weighted by Gasteiger charge is -2.69. The van der Waals surface area contributed by atoms with Crippen LogP contribution in [0.3, 0.4) is 0 Å². The van der Waals surface area contributed by atoms with Crippen molar-refractivity contribution < 1.29 is 18.3 Å². The van der Waals surface area contributed by atoms with E-state index in [2.05, 4.69) is 10.4 Å². The van der Waals surface area contributed by atoms with Gasteiger partial charge in [0.05, 0.1) is 24.1 Å². The second-order valence-electron chi connectivity index (χ2n) is 9.23. The number of carbonyl (C=O) groups excluding carboxylic acids is 1. The Hall–Kier alpha value is -3.29. The Balaban J connectivity index is 1.24. The first-order valence-corrected chi connectivity index (χ1v) is 10.6. The molecule has 3 saturated carbocycles. The van der Waals surface area contributed by atoms with E-state index in [0.29, 0.717) is 5.56 Å². The number of hydrogen-bond donors (Lipinski definition) is 2. The van der Waals surface area contributed by atoms with Crippen molar-refractivity contribution in [3.8, 4) is 5.75 Å². The molecule has 0 aliphatic heterocycles. The Morgan fingerprint density at radius 2 is 1.97 bits per heavy atom. The number of carbonyl (C=O) groups is 1. The van der Waals surface area contributed by atoms with E-state index < -0.39 is 23.1 Å². The van der Waals surface area contributed by atoms with Crippen molar-refractivity contribution in [2.24, 2.45) is 10.8 Å². The number of nitrogens with zero attached hydrogens (tertiary/aromatic N) is 2. The summed E-state index contributed by atoms with van der Waals surface area (Å²) in [7, 11) is 1.63. The van der Waals surface area contributed by atoms with Crippen LogP contribution in [0.25, 0.3) is 10.9 Å². The topological polar surface area (TPSA) is 80.0 Å². The van der Waals surface area contributed by atoms with Gasteiger partial charge in [-0.2, -0.15) is 5.10 Å². The summed E-state index contributed by atoms with van der Waals surface area (Å²) < 4.78 is 34.5. The van der Waals surface area contributed by atoms with Crippen molar-refractivity contribution in [2.75, 3.05) is 7.11 Å². The monoisotopic (exact) mass is 438 g/mol. The highest BCUT2D eigenvalue weighted by molar-refractivity contribution is 5.87. The summed E-state index contributed by atoms with van der Waals surface area (Å²) >= 11 is 0. The maximum atomic E-state index is 13.6. The summed E-state index contributed by atoms with van der Waals surface area (Å²) in [4.78, 5) is 13.0. The molecule has 1 unspecified atom stereocenters. The Morgan fingerprint density at radius 1 is 1.25 bits per heavy atom. The number of nitrogens with one attached hydrogen (secondary N) is 2. The number of benzene rings is 2. The minimum atomic E-state index is -0.696. The smallest absolute Gasteiger partial charge is 0.226 e. The Bertz CT molecular complexity index is 1180. The van der Waals surface area contributed by atoms with Gasteiger partial charge in [0.15, 0.2) is 0 Å². The average Bonchev–Trinajstić information content (AvgIpc) is 3.09. The van der Waals surface area contributed by atoms with E-state index in [1.165, 1.54) is 12.1 Å². The fourth-order valence-corrected chi connectivity index (χ4v) is 5.49. The summed E-state index contributed by atoms with van der Waals surface area (Å²) in [6.07, 6.45) is 5.63. The highest BCUT2D eigenvalue weighted by Gasteiger charge is 2.71. The van der Waals surface area contributed by atoms with Crippen LogP contribution in [-0.4, -0.2) is 29.0 Å². The van der Waals surface area contributed by atoms with E-state index in [0.717, 1.165) is 54.7 Å². The molecule has 3 fully saturated rings. The number of hydrogen-bond acceptors (Lipinski definition) is 4. The third-order valence-corrected chi connectivity index (χ3v) is 6.83. The molecule has 0 radical (unpaired) electrons. The van der Waals surface area contributed by atoms with Crippen molar-refractivity contribution in [2.45, 2.75) is 38.3 Å². The molecule has 32 heavy (non-hydrogen) atoms. The molecular formula is C24H24F2N4O2. The molecule has 0 spiro atoms. The van der Waals surface area contributed by atoms with Crippen LogP contribution in [0.4, 0.5) is 8.78 Å². The fraction of sp³-hybridized carbons (Fsp3) is 0.375. The van der Waals surface area contributed by atoms with Crippen molar-refractivity contribution in [3.63, 3.8) is 0 Å². The molecule has 166 valence electrons. The van der Waals surface area contributed by atoms with Gasteiger partial charge in [-0.15, -0.1) is 0 Å². The van der Waals surface area contributed by atoms with Crippen LogP contribution in [0.1, 0.15) is 37.3 Å². The van der Waals surface area contributed by atoms with Crippen LogP contribution in [0.2, 0.25) is 0 Å². The first kappa shape index (κ1) is 20.6. The second-order valence-corrected chi connectivity index (χ2v) is 9.23. The fourth-order valence-electron chi connectivity index (χ4n) is 5.49. The zero-order valence-electron chi connectivity index (χ0n) is 17.7. The molecule has 2 aromatic carbocycles. The van der Waals surface area contributed by atoms with Gasteiger partial charge in [-0.3, -0.25) is 9.48 Å². The third-order valence-electron chi connectivity index (χ3n) is 6.83. The molecule has 3 aliphatic rings. The molecule has 0 saturated heterocycles. The quantitative estimate of drug-likeness (QED) is 0.512. The lowest BCUT2D eigenvalue weighted by Crippen LogP contribution is -2.69. The zero-order valence-corrected chi connectivity index (χ0v) is 17.7. The van der Waals surface area contributed by atoms with Gasteiger partial charge < -0.3 is 15.5 Å². The highest BCUT2D eigenvalue weighted by Crippen LogP contribution is 2.74. The van der Waals surface area contributed by atoms with Gasteiger partial charge in [0, 0.05) is 36.7 Å². The molecule has 2 N–H and O–H groups in total. The van der Waals surface area contributed by atoms with Gasteiger partial charge in [-0.1, -0.05) is 0 Å². The summed E-state index contributed by atoms with van der Waals surface area (Å²) in [5.74, 6) is -0.733. The third kappa shape index (κ3) is 3.43. The van der Waals surface area contributed by atoms with Gasteiger partial charge in [0.25, 0.3) is 0 Å². The molecule has 2 bridgehead atoms. The predicted molar refractivity (Wildman–Crippen MR) is 116 cm³/mol. The summed E-state index contributed by atoms with van der Waals surface area (Å²) in [5, 5.41) is 16.0. The first-order valence-electron chi connectivity index (χ1n) is 10.6. The van der Waals surface area contributed by atoms with E-state index in [1.807, 2.05) is 29.1 Å². The van der Waals surface area contributed by atoms with Crippen molar-refractivity contribution >= 4 is 23.0 Å². The minimum absolute atomic E-state index is 0.0610. The number of amides is 1. The van der Waals surface area contributed by atoms with Crippen molar-refractivity contribution in [1.82, 2.24) is 15.1 Å². The molecule has 1 amide bonds. The molecule has 8 heteroatoms. The molecule has 1 atom stereocenters. The lowest BCUT2D eigenvalue weighted by molar-refractivity contribution is -0.214. The first-order chi connectivity index (χ1) is 15.3. The Kier molecular flexibility index (Phi) is 4.76. The summed E-state index contributed by atoms with van der Waals surface area (Å²) in [5.41, 5.74) is 0.840. The van der Waals surface area contributed by atoms with Gasteiger partial charge in [0.2, 0.25) is 5.91 Å². The van der Waals surface area contributed by atoms with E-state index in [9.17, 15) is 13.6 Å². The predicted octanol–water partition coefficient (Wildman–Crippen LogP) is 4.39. The van der Waals surface area contributed by atoms with E-state index in [4.69, 9.17) is 10.1 Å². The summed E-state index contributed by atoms with van der Waals surface area (Å²) in [6, 6.07) is 8.38. The SMILES string of the molecule is COc1ccc2cn(CC34CC(C(=O)NC(CC=N)c5cc(F)cc(F)c5)(C3)C4)nc2c1. The van der Waals surface area contributed by atoms with Gasteiger partial charge in [0.1, 0.15) is 17.4 Å². The molecular weight excluding hydrogens is 414 g/mol. The van der Waals surface area contributed by atoms with E-state index >= 15 is 0 Å². The largest absolute Gasteiger partial charge is 0.497 e. The number of fused-ring (bicyclic) bond motifs is 1. The molecule has 1 heterocycles. The molecule has 1 aromatic heterocycles. The molecule has 3 aliphatic carbocycles. The molecule has 3 aromatic rings. The van der Waals surface area contributed by atoms with Gasteiger partial charge in [-0.05, 0) is 60.7 Å². The van der Waals surface area contributed by atoms with Gasteiger partial charge in [-0.25, -0.2) is 8.78 Å². The second kappa shape index (κ2) is 7.39. The molecule has 6 rings (SSSR count). The number of methoxy groups -OCH3 is 1. The van der Waals surface area contributed by atoms with Crippen LogP contribution in [0.15, 0.2) is 42.6 Å². The van der Waals surface area contributed by atoms with E-state index in [-0.39, 0.29) is 17.7 Å². The standard InChI is InChI=1S/C24H24F2N4O2/c1-32-19-3-2-15-10-30(29-21(15)9-19)14-23-11-24(12-23,13-23)22(31)28-20(4-5-27)16-6-17(25)8-18(26)7-16/h2-3,5-10,20,27H,4,11-14H2,1H3,(H,28,31). The molecule has 6 nitrogen and oxygen atoms in total. The maximum absolute atomic E-state index is 13.6. The number of ether oxygens (including phenoxy) is 1. The number of rotatable bonds is 8. The van der Waals surface area contributed by atoms with Gasteiger partial charge >= 0.3 is 0 Å². The number of halogens is 2. The van der Waals surface area contributed by atoms with Crippen LogP contribution in [0, 0.1) is 27.9 Å². The lowest BCUT2D eigenvalue weighted by atomic mass is 9.35. The number of aromatic nitrogens is 2. The Morgan fingerprint density at radius 3 is 2.62 bits per heavy atom. The van der Waals surface area contributed by atoms with E-state index in [1.54, 1.807) is 7.11 Å². The van der Waals surface area contributed by atoms with Crippen LogP contribution < -0.4 is 10.1 Å². The minimum Gasteiger partial charge on any atom is -0.497 e. The van der Waals surface area contributed by atoms with Crippen molar-refractivity contribution in [3.05, 3.63) is 59.8 Å². The van der Waals surface area contributed by atoms with Crippen LogP contribution in [-0.2, 0) is 11.3 Å². The van der Waals surface area contributed by atoms with Crippen molar-refractivity contribution in [1.29, 1.82) is 5.41 Å². The Labute approximate surface area is 184 Å². The van der Waals surface area contributed by atoms with Crippen LogP contribution in [0.5, 0.6) is 5.75 Å². The highest BCUT2D eigenvalue weighted by atomic mass is 19.1. The maximum Gasteiger partial charge on any atom is 0.226 e.